The molecule has 1 saturated carbocycles. The average molecular weight is 549 g/mol. The third-order valence-electron chi connectivity index (χ3n) is 7.10. The normalized spacial score (nSPS) is 23.0. The molecule has 2 aromatic heterocycles. The van der Waals surface area contributed by atoms with Gasteiger partial charge in [-0.15, -0.1) is 0 Å². The lowest BCUT2D eigenvalue weighted by atomic mass is 9.91. The monoisotopic (exact) mass is 548 g/mol. The Bertz CT molecular complexity index is 1380. The van der Waals surface area contributed by atoms with Crippen LogP contribution in [-0.2, 0) is 16.6 Å². The number of methoxy groups -OCH3 is 1. The molecule has 37 heavy (non-hydrogen) atoms. The molecule has 1 aliphatic heterocycles. The molecule has 0 spiro atoms. The number of nitrogens with one attached hydrogen (secondary N) is 3. The highest BCUT2D eigenvalue weighted by atomic mass is 35.5. The highest BCUT2D eigenvalue weighted by Gasteiger charge is 2.29. The number of nitrogens with zero attached hydrogens (tertiary/aromatic N) is 3. The van der Waals surface area contributed by atoms with Gasteiger partial charge in [0.25, 0.3) is 0 Å². The number of ether oxygens (including phenoxy) is 1. The van der Waals surface area contributed by atoms with Gasteiger partial charge >= 0.3 is 0 Å². The van der Waals surface area contributed by atoms with E-state index in [0.717, 1.165) is 56.3 Å². The fourth-order valence-corrected chi connectivity index (χ4v) is 6.37. The molecule has 12 heteroatoms. The number of β-amino-alcohol motifs (C(OH)–C–C–N with tert-alkyl or cyclic N) is 1. The van der Waals surface area contributed by atoms with Crippen molar-refractivity contribution in [3.05, 3.63) is 35.0 Å². The van der Waals surface area contributed by atoms with Crippen molar-refractivity contribution in [3.63, 3.8) is 0 Å². The molecule has 2 fully saturated rings. The average Bonchev–Trinajstić information content (AvgIpc) is 3.47. The van der Waals surface area contributed by atoms with Crippen LogP contribution >= 0.6 is 11.6 Å². The summed E-state index contributed by atoms with van der Waals surface area (Å²) in [6.07, 6.45) is 6.82. The van der Waals surface area contributed by atoms with Gasteiger partial charge in [-0.25, -0.2) is 23.1 Å². The van der Waals surface area contributed by atoms with Crippen molar-refractivity contribution in [2.75, 3.05) is 31.8 Å². The van der Waals surface area contributed by atoms with Crippen molar-refractivity contribution in [1.29, 1.82) is 0 Å². The number of aliphatic hydroxyl groups excluding tert-OH is 1. The molecule has 3 aromatic rings. The topological polar surface area (TPSA) is 132 Å². The molecule has 200 valence electrons. The van der Waals surface area contributed by atoms with Gasteiger partial charge in [-0.2, -0.15) is 0 Å². The smallest absolute Gasteiger partial charge is 0.209 e. The summed E-state index contributed by atoms with van der Waals surface area (Å²) in [6.45, 7) is 2.29. The second-order valence-electron chi connectivity index (χ2n) is 10.0. The maximum atomic E-state index is 11.9. The van der Waals surface area contributed by atoms with E-state index in [9.17, 15) is 13.5 Å². The van der Waals surface area contributed by atoms with Crippen molar-refractivity contribution in [2.24, 2.45) is 0 Å². The van der Waals surface area contributed by atoms with Crippen LogP contribution in [0.1, 0.15) is 37.7 Å². The summed E-state index contributed by atoms with van der Waals surface area (Å²) in [5.74, 6) is 1.28. The van der Waals surface area contributed by atoms with Gasteiger partial charge in [-0.3, -0.25) is 4.90 Å². The third kappa shape index (κ3) is 6.01. The Labute approximate surface area is 221 Å². The number of imidazole rings is 1. The molecular weight excluding hydrogens is 516 g/mol. The van der Waals surface area contributed by atoms with Crippen LogP contribution in [0.2, 0.25) is 5.02 Å². The number of aromatic amines is 1. The number of anilines is 1. The van der Waals surface area contributed by atoms with E-state index in [1.165, 1.54) is 6.26 Å². The molecule has 3 heterocycles. The zero-order valence-electron chi connectivity index (χ0n) is 21.0. The Morgan fingerprint density at radius 1 is 1.24 bits per heavy atom. The van der Waals surface area contributed by atoms with Crippen molar-refractivity contribution >= 4 is 38.5 Å². The van der Waals surface area contributed by atoms with Gasteiger partial charge < -0.3 is 20.1 Å². The molecule has 0 bridgehead atoms. The lowest BCUT2D eigenvalue weighted by Gasteiger charge is -2.33. The Morgan fingerprint density at radius 3 is 2.73 bits per heavy atom. The molecule has 3 atom stereocenters. The Hall–Kier alpha value is -2.44. The van der Waals surface area contributed by atoms with Gasteiger partial charge in [0.2, 0.25) is 10.0 Å². The van der Waals surface area contributed by atoms with E-state index < -0.39 is 10.0 Å². The quantitative estimate of drug-likeness (QED) is 0.337. The van der Waals surface area contributed by atoms with E-state index in [1.807, 2.05) is 18.2 Å². The van der Waals surface area contributed by atoms with E-state index in [2.05, 4.69) is 24.9 Å². The molecule has 0 unspecified atom stereocenters. The van der Waals surface area contributed by atoms with Gasteiger partial charge in [0, 0.05) is 31.7 Å². The van der Waals surface area contributed by atoms with Gasteiger partial charge in [-0.1, -0.05) is 30.5 Å². The Kier molecular flexibility index (Phi) is 7.60. The summed E-state index contributed by atoms with van der Waals surface area (Å²) in [6, 6.07) is 5.66. The number of sulfonamides is 1. The number of hydrogen-bond donors (Lipinski definition) is 4. The maximum absolute atomic E-state index is 11.9. The number of pyridine rings is 1. The van der Waals surface area contributed by atoms with Crippen LogP contribution in [0.4, 0.5) is 5.69 Å². The molecule has 1 aliphatic carbocycles. The second kappa shape index (κ2) is 10.7. The van der Waals surface area contributed by atoms with Crippen LogP contribution in [0.15, 0.2) is 24.4 Å². The molecule has 0 amide bonds. The summed E-state index contributed by atoms with van der Waals surface area (Å²) in [5, 5.41) is 13.7. The molecule has 2 aliphatic rings. The number of hydrogen-bond acceptors (Lipinski definition) is 8. The van der Waals surface area contributed by atoms with Crippen LogP contribution in [0, 0.1) is 0 Å². The summed E-state index contributed by atoms with van der Waals surface area (Å²) >= 11 is 6.56. The summed E-state index contributed by atoms with van der Waals surface area (Å²) in [4.78, 5) is 14.8. The number of aromatic nitrogens is 3. The molecule has 10 nitrogen and oxygen atoms in total. The SMILES string of the molecule is COc1cc(CN2CC[C@@H](O)C2)ccc1-c1nc2c(N[C@@H]3CCCC[C@H]3NS(C)(=O)=O)c(Cl)cnc2[nH]1. The van der Waals surface area contributed by atoms with E-state index >= 15 is 0 Å². The van der Waals surface area contributed by atoms with Crippen LogP contribution in [0.25, 0.3) is 22.6 Å². The number of aliphatic hydroxyl groups is 1. The van der Waals surface area contributed by atoms with Crippen LogP contribution in [0.5, 0.6) is 5.75 Å². The zero-order valence-corrected chi connectivity index (χ0v) is 22.6. The third-order valence-corrected chi connectivity index (χ3v) is 8.12. The first-order valence-corrected chi connectivity index (χ1v) is 14.8. The number of likely N-dealkylation sites (tertiary alicyclic amines) is 1. The minimum Gasteiger partial charge on any atom is -0.496 e. The lowest BCUT2D eigenvalue weighted by Crippen LogP contribution is -2.48. The minimum atomic E-state index is -3.34. The Morgan fingerprint density at radius 2 is 2.03 bits per heavy atom. The summed E-state index contributed by atoms with van der Waals surface area (Å²) < 4.78 is 32.3. The van der Waals surface area contributed by atoms with E-state index in [1.54, 1.807) is 13.3 Å². The van der Waals surface area contributed by atoms with Crippen molar-refractivity contribution in [1.82, 2.24) is 24.6 Å². The van der Waals surface area contributed by atoms with Gasteiger partial charge in [-0.05, 0) is 37.0 Å². The van der Waals surface area contributed by atoms with E-state index in [-0.39, 0.29) is 18.2 Å². The molecule has 0 radical (unpaired) electrons. The largest absolute Gasteiger partial charge is 0.496 e. The van der Waals surface area contributed by atoms with E-state index in [0.29, 0.717) is 40.0 Å². The molecule has 1 saturated heterocycles. The van der Waals surface area contributed by atoms with Crippen molar-refractivity contribution < 1.29 is 18.3 Å². The fourth-order valence-electron chi connectivity index (χ4n) is 5.34. The van der Waals surface area contributed by atoms with Gasteiger partial charge in [0.05, 0.1) is 41.9 Å². The highest BCUT2D eigenvalue weighted by molar-refractivity contribution is 7.88. The first kappa shape index (κ1) is 26.2. The Balaban J connectivity index is 1.44. The van der Waals surface area contributed by atoms with Crippen LogP contribution in [0.3, 0.4) is 0 Å². The first-order chi connectivity index (χ1) is 17.7. The summed E-state index contributed by atoms with van der Waals surface area (Å²) in [7, 11) is -1.71. The number of benzene rings is 1. The fraction of sp³-hybridized carbons (Fsp3) is 0.520. The van der Waals surface area contributed by atoms with Crippen LogP contribution < -0.4 is 14.8 Å². The molecule has 5 rings (SSSR count). The minimum absolute atomic E-state index is 0.121. The van der Waals surface area contributed by atoms with Crippen molar-refractivity contribution in [2.45, 2.75) is 56.8 Å². The van der Waals surface area contributed by atoms with E-state index in [4.69, 9.17) is 21.3 Å². The first-order valence-electron chi connectivity index (χ1n) is 12.6. The molecule has 4 N–H and O–H groups in total. The highest BCUT2D eigenvalue weighted by Crippen LogP contribution is 2.36. The molecule has 1 aromatic carbocycles. The maximum Gasteiger partial charge on any atom is 0.209 e. The summed E-state index contributed by atoms with van der Waals surface area (Å²) in [5.41, 5.74) is 3.67. The van der Waals surface area contributed by atoms with Crippen molar-refractivity contribution in [3.8, 4) is 17.1 Å². The van der Waals surface area contributed by atoms with Gasteiger partial charge in [0.15, 0.2) is 5.65 Å². The predicted molar refractivity (Wildman–Crippen MR) is 144 cm³/mol. The number of H-pyrrole nitrogens is 1. The number of fused-ring (bicyclic) bond motifs is 1. The predicted octanol–water partition coefficient (Wildman–Crippen LogP) is 3.13. The number of halogens is 1. The lowest BCUT2D eigenvalue weighted by molar-refractivity contribution is 0.175. The zero-order chi connectivity index (χ0) is 26.2. The van der Waals surface area contributed by atoms with Gasteiger partial charge in [0.1, 0.15) is 17.1 Å². The van der Waals surface area contributed by atoms with Crippen LogP contribution in [-0.4, -0.2) is 78.0 Å². The second-order valence-corrected chi connectivity index (χ2v) is 12.2. The standard InChI is InChI=1S/C25H33ClN6O4S/c1-36-21-11-15(13-32-10-9-16(33)14-32)7-8-17(21)24-29-23-22(18(26)12-27-25(23)30-24)28-19-5-3-4-6-20(19)31-37(2,34)35/h7-8,11-12,16,19-20,31,33H,3-6,9-10,13-14H2,1-2H3,(H2,27,28,29,30)/t16-,19-,20-/m1/s1. The molecular formula is C25H33ClN6O4S. The number of rotatable bonds is 8.